The Balaban J connectivity index is 1.74. The van der Waals surface area contributed by atoms with E-state index in [2.05, 4.69) is 0 Å². The maximum atomic E-state index is 13.2. The van der Waals surface area contributed by atoms with Crippen LogP contribution < -0.4 is 9.64 Å². The van der Waals surface area contributed by atoms with Gasteiger partial charge in [0.25, 0.3) is 5.91 Å². The molecule has 0 aliphatic carbocycles. The molecule has 1 aliphatic rings. The largest absolute Gasteiger partial charge is 0.492 e. The zero-order valence-electron chi connectivity index (χ0n) is 14.9. The summed E-state index contributed by atoms with van der Waals surface area (Å²) in [7, 11) is 0. The van der Waals surface area contributed by atoms with Gasteiger partial charge in [0.15, 0.2) is 0 Å². The van der Waals surface area contributed by atoms with Gasteiger partial charge >= 0.3 is 5.97 Å². The van der Waals surface area contributed by atoms with Gasteiger partial charge in [-0.15, -0.1) is 0 Å². The number of fused-ring (bicyclic) bond motifs is 2. The first kappa shape index (κ1) is 17.1. The van der Waals surface area contributed by atoms with Gasteiger partial charge in [-0.2, -0.15) is 0 Å². The molecule has 3 aromatic rings. The Morgan fingerprint density at radius 3 is 2.59 bits per heavy atom. The van der Waals surface area contributed by atoms with Crippen LogP contribution in [0.4, 0.5) is 5.69 Å². The molecule has 5 heteroatoms. The van der Waals surface area contributed by atoms with Crippen molar-refractivity contribution in [2.75, 3.05) is 11.5 Å². The molecule has 0 unspecified atom stereocenters. The van der Waals surface area contributed by atoms with Gasteiger partial charge in [-0.25, -0.2) is 0 Å². The van der Waals surface area contributed by atoms with Crippen LogP contribution >= 0.6 is 0 Å². The molecule has 0 fully saturated rings. The van der Waals surface area contributed by atoms with E-state index < -0.39 is 5.97 Å². The number of carboxylic acids is 1. The van der Waals surface area contributed by atoms with Crippen molar-refractivity contribution in [1.29, 1.82) is 0 Å². The van der Waals surface area contributed by atoms with Gasteiger partial charge in [0, 0.05) is 11.1 Å². The van der Waals surface area contributed by atoms with E-state index in [0.717, 1.165) is 22.0 Å². The second kappa shape index (κ2) is 6.76. The fourth-order valence-electron chi connectivity index (χ4n) is 3.58. The zero-order valence-corrected chi connectivity index (χ0v) is 14.9. The number of rotatable bonds is 5. The number of ether oxygens (including phenoxy) is 1. The van der Waals surface area contributed by atoms with Gasteiger partial charge in [0.05, 0.1) is 25.1 Å². The molecule has 5 nitrogen and oxygen atoms in total. The van der Waals surface area contributed by atoms with Crippen LogP contribution in [-0.4, -0.2) is 23.6 Å². The van der Waals surface area contributed by atoms with Crippen LogP contribution in [0.2, 0.25) is 0 Å². The third kappa shape index (κ3) is 3.01. The molecule has 27 heavy (non-hydrogen) atoms. The van der Waals surface area contributed by atoms with Gasteiger partial charge in [-0.3, -0.25) is 9.59 Å². The molecule has 0 aromatic heterocycles. The van der Waals surface area contributed by atoms with Gasteiger partial charge in [-0.1, -0.05) is 36.4 Å². The fourth-order valence-corrected chi connectivity index (χ4v) is 3.58. The molecule has 1 aliphatic heterocycles. The monoisotopic (exact) mass is 361 g/mol. The summed E-state index contributed by atoms with van der Waals surface area (Å²) in [5.74, 6) is -0.328. The van der Waals surface area contributed by atoms with E-state index in [1.165, 1.54) is 0 Å². The van der Waals surface area contributed by atoms with Gasteiger partial charge in [-0.05, 0) is 41.6 Å². The van der Waals surface area contributed by atoms with Crippen molar-refractivity contribution >= 4 is 28.3 Å². The van der Waals surface area contributed by atoms with Crippen LogP contribution in [0.3, 0.4) is 0 Å². The summed E-state index contributed by atoms with van der Waals surface area (Å²) >= 11 is 0. The lowest BCUT2D eigenvalue weighted by Crippen LogP contribution is -2.23. The van der Waals surface area contributed by atoms with Crippen LogP contribution in [-0.2, 0) is 17.8 Å². The Morgan fingerprint density at radius 1 is 1.15 bits per heavy atom. The number of carbonyl (C=O) groups excluding carboxylic acids is 1. The van der Waals surface area contributed by atoms with E-state index >= 15 is 0 Å². The molecule has 1 N–H and O–H groups in total. The van der Waals surface area contributed by atoms with E-state index in [0.29, 0.717) is 30.0 Å². The average Bonchev–Trinajstić information content (AvgIpc) is 2.98. The zero-order chi connectivity index (χ0) is 19.0. The highest BCUT2D eigenvalue weighted by Gasteiger charge is 2.33. The molecule has 0 saturated carbocycles. The molecular formula is C22H19NO4. The van der Waals surface area contributed by atoms with E-state index in [1.54, 1.807) is 29.2 Å². The Hall–Kier alpha value is -3.34. The minimum absolute atomic E-state index is 0.0334. The Kier molecular flexibility index (Phi) is 4.28. The van der Waals surface area contributed by atoms with Crippen LogP contribution in [0.5, 0.6) is 5.75 Å². The highest BCUT2D eigenvalue weighted by atomic mass is 16.5. The van der Waals surface area contributed by atoms with Gasteiger partial charge in [0.1, 0.15) is 5.75 Å². The summed E-state index contributed by atoms with van der Waals surface area (Å²) in [6, 6.07) is 17.0. The SMILES string of the molecule is CCOc1c2c(cc3ccccc13)CN(c1ccc(CC(=O)O)cc1)C2=O. The lowest BCUT2D eigenvalue weighted by atomic mass is 10.0. The number of anilines is 1. The highest BCUT2D eigenvalue weighted by molar-refractivity contribution is 6.15. The molecule has 0 saturated heterocycles. The molecule has 1 heterocycles. The molecule has 0 bridgehead atoms. The first-order chi connectivity index (χ1) is 13.1. The van der Waals surface area contributed by atoms with E-state index in [1.807, 2.05) is 37.3 Å². The molecule has 4 rings (SSSR count). The van der Waals surface area contributed by atoms with Crippen LogP contribution in [0.1, 0.15) is 28.4 Å². The normalized spacial score (nSPS) is 13.1. The number of carbonyl (C=O) groups is 2. The third-order valence-electron chi connectivity index (χ3n) is 4.76. The van der Waals surface area contributed by atoms with Gasteiger partial charge in [0.2, 0.25) is 0 Å². The predicted octanol–water partition coefficient (Wildman–Crippen LogP) is 4.03. The smallest absolute Gasteiger partial charge is 0.307 e. The van der Waals surface area contributed by atoms with Crippen molar-refractivity contribution < 1.29 is 19.4 Å². The van der Waals surface area contributed by atoms with Crippen LogP contribution in [0.25, 0.3) is 10.8 Å². The molecule has 0 radical (unpaired) electrons. The van der Waals surface area contributed by atoms with Crippen molar-refractivity contribution in [1.82, 2.24) is 0 Å². The fraction of sp³-hybridized carbons (Fsp3) is 0.182. The van der Waals surface area contributed by atoms with Crippen molar-refractivity contribution in [3.05, 3.63) is 71.3 Å². The lowest BCUT2D eigenvalue weighted by Gasteiger charge is -2.16. The second-order valence-electron chi connectivity index (χ2n) is 6.52. The van der Waals surface area contributed by atoms with Crippen molar-refractivity contribution in [3.63, 3.8) is 0 Å². The first-order valence-corrected chi connectivity index (χ1v) is 8.88. The summed E-state index contributed by atoms with van der Waals surface area (Å²) in [4.78, 5) is 25.7. The topological polar surface area (TPSA) is 66.8 Å². The van der Waals surface area contributed by atoms with E-state index in [4.69, 9.17) is 9.84 Å². The van der Waals surface area contributed by atoms with Gasteiger partial charge < -0.3 is 14.7 Å². The van der Waals surface area contributed by atoms with E-state index in [9.17, 15) is 9.59 Å². The van der Waals surface area contributed by atoms with Crippen LogP contribution in [0, 0.1) is 0 Å². The molecule has 1 amide bonds. The summed E-state index contributed by atoms with van der Waals surface area (Å²) in [5.41, 5.74) is 3.01. The number of hydrogen-bond acceptors (Lipinski definition) is 3. The molecule has 3 aromatic carbocycles. The number of nitrogens with zero attached hydrogens (tertiary/aromatic N) is 1. The summed E-state index contributed by atoms with van der Waals surface area (Å²) in [5, 5.41) is 10.9. The quantitative estimate of drug-likeness (QED) is 0.745. The second-order valence-corrected chi connectivity index (χ2v) is 6.52. The van der Waals surface area contributed by atoms with Crippen LogP contribution in [0.15, 0.2) is 54.6 Å². The molecule has 0 atom stereocenters. The third-order valence-corrected chi connectivity index (χ3v) is 4.76. The number of amides is 1. The predicted molar refractivity (Wildman–Crippen MR) is 103 cm³/mol. The standard InChI is InChI=1S/C22H19NO4/c1-2-27-21-18-6-4-3-5-15(18)12-16-13-23(22(26)20(16)21)17-9-7-14(8-10-17)11-19(24)25/h3-10,12H,2,11,13H2,1H3,(H,24,25). The first-order valence-electron chi connectivity index (χ1n) is 8.88. The van der Waals surface area contributed by atoms with E-state index in [-0.39, 0.29) is 12.3 Å². The average molecular weight is 361 g/mol. The number of benzene rings is 3. The summed E-state index contributed by atoms with van der Waals surface area (Å²) < 4.78 is 5.87. The maximum Gasteiger partial charge on any atom is 0.307 e. The van der Waals surface area contributed by atoms with Crippen molar-refractivity contribution in [2.45, 2.75) is 19.9 Å². The molecule has 136 valence electrons. The number of aliphatic carboxylic acids is 1. The lowest BCUT2D eigenvalue weighted by molar-refractivity contribution is -0.136. The Labute approximate surface area is 156 Å². The molecular weight excluding hydrogens is 342 g/mol. The Morgan fingerprint density at radius 2 is 1.89 bits per heavy atom. The minimum Gasteiger partial charge on any atom is -0.492 e. The highest BCUT2D eigenvalue weighted by Crippen LogP contribution is 2.39. The minimum atomic E-state index is -0.875. The maximum absolute atomic E-state index is 13.2. The molecule has 0 spiro atoms. The number of carboxylic acid groups (broad SMARTS) is 1. The number of hydrogen-bond donors (Lipinski definition) is 1. The summed E-state index contributed by atoms with van der Waals surface area (Å²) in [6.07, 6.45) is -0.0334. The Bertz CT molecular complexity index is 1040. The summed E-state index contributed by atoms with van der Waals surface area (Å²) in [6.45, 7) is 2.86. The van der Waals surface area contributed by atoms with Crippen molar-refractivity contribution in [2.24, 2.45) is 0 Å². The van der Waals surface area contributed by atoms with Crippen molar-refractivity contribution in [3.8, 4) is 5.75 Å².